The van der Waals surface area contributed by atoms with Gasteiger partial charge >= 0.3 is 5.97 Å². The zero-order valence-electron chi connectivity index (χ0n) is 10.2. The maximum Gasteiger partial charge on any atom is 0.304 e. The van der Waals surface area contributed by atoms with Crippen LogP contribution in [0.5, 0.6) is 0 Å². The summed E-state index contributed by atoms with van der Waals surface area (Å²) in [6, 6.07) is 0. The van der Waals surface area contributed by atoms with Gasteiger partial charge < -0.3 is 10.4 Å². The molecule has 0 radical (unpaired) electrons. The average molecular weight is 247 g/mol. The second-order valence-electron chi connectivity index (χ2n) is 4.13. The summed E-state index contributed by atoms with van der Waals surface area (Å²) in [5, 5.41) is 11.1. The number of carbonyl (C=O) groups is 2. The molecule has 0 aromatic rings. The molecule has 1 unspecified atom stereocenters. The number of hydrogen-bond donors (Lipinski definition) is 2. The van der Waals surface area contributed by atoms with Crippen LogP contribution in [0.4, 0.5) is 0 Å². The van der Waals surface area contributed by atoms with Crippen LogP contribution >= 0.6 is 11.8 Å². The van der Waals surface area contributed by atoms with Gasteiger partial charge in [0.1, 0.15) is 0 Å². The lowest BCUT2D eigenvalue weighted by atomic mass is 10.1. The zero-order valence-corrected chi connectivity index (χ0v) is 11.0. The molecule has 16 heavy (non-hydrogen) atoms. The van der Waals surface area contributed by atoms with Crippen LogP contribution in [0.2, 0.25) is 0 Å². The Morgan fingerprint density at radius 3 is 2.44 bits per heavy atom. The minimum absolute atomic E-state index is 0.00367. The van der Waals surface area contributed by atoms with Crippen molar-refractivity contribution < 1.29 is 14.7 Å². The largest absolute Gasteiger partial charge is 0.481 e. The fraction of sp³-hybridized carbons (Fsp3) is 0.818. The predicted molar refractivity (Wildman–Crippen MR) is 66.6 cm³/mol. The van der Waals surface area contributed by atoms with E-state index >= 15 is 0 Å². The molecule has 5 heteroatoms. The zero-order chi connectivity index (χ0) is 12.6. The van der Waals surface area contributed by atoms with E-state index in [-0.39, 0.29) is 17.6 Å². The van der Waals surface area contributed by atoms with Gasteiger partial charge in [0.2, 0.25) is 5.91 Å². The molecule has 0 aliphatic carbocycles. The van der Waals surface area contributed by atoms with Crippen molar-refractivity contribution in [2.45, 2.75) is 38.9 Å². The number of amides is 1. The van der Waals surface area contributed by atoms with Crippen molar-refractivity contribution >= 4 is 23.6 Å². The molecule has 0 spiro atoms. The predicted octanol–water partition coefficient (Wildman–Crippen LogP) is 1.75. The topological polar surface area (TPSA) is 66.4 Å². The number of thioether (sulfide) groups is 1. The standard InChI is InChI=1S/C11H21NO3S/c1-8(2)4-6-12-11(15)9(3)16-7-5-10(13)14/h8-9H,4-7H2,1-3H3,(H,12,15)(H,13,14). The van der Waals surface area contributed by atoms with Gasteiger partial charge in [0, 0.05) is 12.3 Å². The van der Waals surface area contributed by atoms with Crippen molar-refractivity contribution in [1.29, 1.82) is 0 Å². The van der Waals surface area contributed by atoms with Crippen LogP contribution in [0, 0.1) is 5.92 Å². The van der Waals surface area contributed by atoms with Crippen molar-refractivity contribution in [2.75, 3.05) is 12.3 Å². The lowest BCUT2D eigenvalue weighted by molar-refractivity contribution is -0.136. The molecule has 1 amide bonds. The fourth-order valence-electron chi connectivity index (χ4n) is 1.03. The SMILES string of the molecule is CC(C)CCNC(=O)C(C)SCCC(=O)O. The Balaban J connectivity index is 3.61. The Labute approximate surface area is 101 Å². The molecule has 94 valence electrons. The molecule has 0 bridgehead atoms. The van der Waals surface area contributed by atoms with E-state index in [1.54, 1.807) is 6.92 Å². The van der Waals surface area contributed by atoms with Crippen LogP contribution in [0.3, 0.4) is 0 Å². The maximum atomic E-state index is 11.5. The molecule has 0 aromatic heterocycles. The highest BCUT2D eigenvalue weighted by atomic mass is 32.2. The van der Waals surface area contributed by atoms with Gasteiger partial charge in [0.25, 0.3) is 0 Å². The Morgan fingerprint density at radius 1 is 1.31 bits per heavy atom. The van der Waals surface area contributed by atoms with Crippen molar-refractivity contribution in [2.24, 2.45) is 5.92 Å². The highest BCUT2D eigenvalue weighted by Crippen LogP contribution is 2.11. The van der Waals surface area contributed by atoms with Gasteiger partial charge in [-0.25, -0.2) is 0 Å². The molecule has 2 N–H and O–H groups in total. The number of rotatable bonds is 8. The van der Waals surface area contributed by atoms with E-state index in [9.17, 15) is 9.59 Å². The fourth-order valence-corrected chi connectivity index (χ4v) is 1.91. The number of carboxylic acids is 1. The monoisotopic (exact) mass is 247 g/mol. The minimum atomic E-state index is -0.820. The summed E-state index contributed by atoms with van der Waals surface area (Å²) in [6.07, 6.45) is 1.08. The summed E-state index contributed by atoms with van der Waals surface area (Å²) in [5.41, 5.74) is 0. The van der Waals surface area contributed by atoms with Gasteiger partial charge in [-0.2, -0.15) is 0 Å². The first-order valence-corrected chi connectivity index (χ1v) is 6.59. The maximum absolute atomic E-state index is 11.5. The van der Waals surface area contributed by atoms with Crippen molar-refractivity contribution in [3.05, 3.63) is 0 Å². The van der Waals surface area contributed by atoms with E-state index in [0.717, 1.165) is 6.42 Å². The second-order valence-corrected chi connectivity index (χ2v) is 5.58. The van der Waals surface area contributed by atoms with Crippen molar-refractivity contribution in [1.82, 2.24) is 5.32 Å². The van der Waals surface area contributed by atoms with E-state index in [2.05, 4.69) is 19.2 Å². The Morgan fingerprint density at radius 2 is 1.94 bits per heavy atom. The quantitative estimate of drug-likeness (QED) is 0.685. The Bertz CT molecular complexity index is 231. The Kier molecular flexibility index (Phi) is 8.07. The van der Waals surface area contributed by atoms with Crippen LogP contribution in [0.15, 0.2) is 0 Å². The van der Waals surface area contributed by atoms with Crippen LogP contribution < -0.4 is 5.32 Å². The van der Waals surface area contributed by atoms with Gasteiger partial charge in [-0.05, 0) is 19.3 Å². The molecule has 0 saturated heterocycles. The van der Waals surface area contributed by atoms with Crippen LogP contribution in [0.25, 0.3) is 0 Å². The van der Waals surface area contributed by atoms with E-state index in [1.165, 1.54) is 11.8 Å². The average Bonchev–Trinajstić information content (AvgIpc) is 2.16. The van der Waals surface area contributed by atoms with Crippen LogP contribution in [-0.2, 0) is 9.59 Å². The van der Waals surface area contributed by atoms with Crippen molar-refractivity contribution in [3.63, 3.8) is 0 Å². The second kappa shape index (κ2) is 8.44. The molecule has 0 saturated carbocycles. The van der Waals surface area contributed by atoms with E-state index in [4.69, 9.17) is 5.11 Å². The normalized spacial score (nSPS) is 12.5. The summed E-state index contributed by atoms with van der Waals surface area (Å²) in [6.45, 7) is 6.71. The molecule has 0 aromatic carbocycles. The van der Waals surface area contributed by atoms with Gasteiger partial charge in [0.15, 0.2) is 0 Å². The number of nitrogens with one attached hydrogen (secondary N) is 1. The third-order valence-electron chi connectivity index (χ3n) is 2.07. The lowest BCUT2D eigenvalue weighted by Crippen LogP contribution is -2.32. The molecular formula is C11H21NO3S. The van der Waals surface area contributed by atoms with Crippen LogP contribution in [0.1, 0.15) is 33.6 Å². The lowest BCUT2D eigenvalue weighted by Gasteiger charge is -2.12. The molecule has 0 fully saturated rings. The minimum Gasteiger partial charge on any atom is -0.481 e. The molecule has 4 nitrogen and oxygen atoms in total. The first kappa shape index (κ1) is 15.3. The van der Waals surface area contributed by atoms with E-state index in [1.807, 2.05) is 0 Å². The van der Waals surface area contributed by atoms with Gasteiger partial charge in [0.05, 0.1) is 11.7 Å². The molecule has 0 rings (SSSR count). The number of hydrogen-bond acceptors (Lipinski definition) is 3. The molecule has 1 atom stereocenters. The molecular weight excluding hydrogens is 226 g/mol. The Hall–Kier alpha value is -0.710. The smallest absolute Gasteiger partial charge is 0.304 e. The summed E-state index contributed by atoms with van der Waals surface area (Å²) >= 11 is 1.38. The van der Waals surface area contributed by atoms with E-state index in [0.29, 0.717) is 18.2 Å². The first-order valence-electron chi connectivity index (χ1n) is 5.54. The molecule has 0 aliphatic heterocycles. The van der Waals surface area contributed by atoms with Gasteiger partial charge in [-0.1, -0.05) is 13.8 Å². The van der Waals surface area contributed by atoms with Crippen molar-refractivity contribution in [3.8, 4) is 0 Å². The van der Waals surface area contributed by atoms with Crippen LogP contribution in [-0.4, -0.2) is 34.5 Å². The van der Waals surface area contributed by atoms with Gasteiger partial charge in [-0.15, -0.1) is 11.8 Å². The third-order valence-corrected chi connectivity index (χ3v) is 3.23. The highest BCUT2D eigenvalue weighted by molar-refractivity contribution is 8.00. The summed E-state index contributed by atoms with van der Waals surface area (Å²) in [5.74, 6) is 0.236. The van der Waals surface area contributed by atoms with E-state index < -0.39 is 5.97 Å². The summed E-state index contributed by atoms with van der Waals surface area (Å²) in [4.78, 5) is 21.8. The summed E-state index contributed by atoms with van der Waals surface area (Å²) < 4.78 is 0. The number of aliphatic carboxylic acids is 1. The first-order chi connectivity index (χ1) is 7.43. The number of carboxylic acid groups (broad SMARTS) is 1. The molecule has 0 aliphatic rings. The number of carbonyl (C=O) groups excluding carboxylic acids is 1. The highest BCUT2D eigenvalue weighted by Gasteiger charge is 2.13. The molecule has 0 heterocycles. The van der Waals surface area contributed by atoms with Gasteiger partial charge in [-0.3, -0.25) is 9.59 Å². The summed E-state index contributed by atoms with van der Waals surface area (Å²) in [7, 11) is 0. The third kappa shape index (κ3) is 8.59.